The molecule has 0 aliphatic carbocycles. The number of aryl methyl sites for hydroxylation is 1. The van der Waals surface area contributed by atoms with Gasteiger partial charge in [0, 0.05) is 31.4 Å². The Bertz CT molecular complexity index is 889. The van der Waals surface area contributed by atoms with Crippen molar-refractivity contribution in [3.05, 3.63) is 59.9 Å². The van der Waals surface area contributed by atoms with Crippen LogP contribution in [-0.4, -0.2) is 35.7 Å². The van der Waals surface area contributed by atoms with Gasteiger partial charge in [0.05, 0.1) is 0 Å². The van der Waals surface area contributed by atoms with Gasteiger partial charge in [0.2, 0.25) is 5.91 Å². The number of carbonyl (C=O) groups excluding carboxylic acids is 3. The Morgan fingerprint density at radius 1 is 0.933 bits per heavy atom. The van der Waals surface area contributed by atoms with Gasteiger partial charge in [0.1, 0.15) is 5.82 Å². The fourth-order valence-corrected chi connectivity index (χ4v) is 3.61. The molecule has 0 saturated carbocycles. The van der Waals surface area contributed by atoms with Crippen LogP contribution in [0.15, 0.2) is 48.5 Å². The molecule has 158 valence electrons. The molecule has 1 aliphatic rings. The second-order valence-electron chi connectivity index (χ2n) is 7.61. The van der Waals surface area contributed by atoms with Gasteiger partial charge in [-0.2, -0.15) is 0 Å². The molecule has 6 nitrogen and oxygen atoms in total. The molecule has 0 atom stereocenters. The number of nitrogens with zero attached hydrogens (tertiary/aromatic N) is 1. The van der Waals surface area contributed by atoms with Crippen LogP contribution in [0.5, 0.6) is 0 Å². The highest BCUT2D eigenvalue weighted by molar-refractivity contribution is 6.39. The van der Waals surface area contributed by atoms with E-state index in [0.717, 1.165) is 31.2 Å². The molecule has 0 bridgehead atoms. The van der Waals surface area contributed by atoms with Crippen molar-refractivity contribution in [3.8, 4) is 0 Å². The maximum absolute atomic E-state index is 13.0. The number of halogens is 1. The van der Waals surface area contributed by atoms with Gasteiger partial charge in [-0.25, -0.2) is 4.39 Å². The molecule has 2 aromatic carbocycles. The number of amides is 3. The number of nitrogens with one attached hydrogen (secondary N) is 2. The van der Waals surface area contributed by atoms with Gasteiger partial charge in [0.25, 0.3) is 0 Å². The second kappa shape index (κ2) is 10.0. The van der Waals surface area contributed by atoms with Gasteiger partial charge in [0.15, 0.2) is 0 Å². The van der Waals surface area contributed by atoms with E-state index in [1.165, 1.54) is 19.1 Å². The van der Waals surface area contributed by atoms with E-state index in [-0.39, 0.29) is 11.7 Å². The third-order valence-corrected chi connectivity index (χ3v) is 5.31. The van der Waals surface area contributed by atoms with Crippen molar-refractivity contribution >= 4 is 29.1 Å². The summed E-state index contributed by atoms with van der Waals surface area (Å²) < 4.78 is 13.0. The molecule has 0 spiro atoms. The van der Waals surface area contributed by atoms with E-state index < -0.39 is 11.8 Å². The zero-order chi connectivity index (χ0) is 21.5. The summed E-state index contributed by atoms with van der Waals surface area (Å²) in [5.41, 5.74) is 2.23. The lowest BCUT2D eigenvalue weighted by Gasteiger charge is -2.31. The predicted octanol–water partition coefficient (Wildman–Crippen LogP) is 3.59. The van der Waals surface area contributed by atoms with Crippen LogP contribution in [0, 0.1) is 11.7 Å². The fraction of sp³-hybridized carbons (Fsp3) is 0.348. The van der Waals surface area contributed by atoms with Gasteiger partial charge in [-0.1, -0.05) is 12.1 Å². The Hall–Kier alpha value is -3.22. The zero-order valence-electron chi connectivity index (χ0n) is 17.0. The van der Waals surface area contributed by atoms with Gasteiger partial charge in [-0.3, -0.25) is 14.4 Å². The molecule has 2 N–H and O–H groups in total. The minimum absolute atomic E-state index is 0.178. The van der Waals surface area contributed by atoms with Crippen molar-refractivity contribution in [1.82, 2.24) is 4.90 Å². The summed E-state index contributed by atoms with van der Waals surface area (Å²) in [5, 5.41) is 5.25. The molecular formula is C23H26FN3O3. The summed E-state index contributed by atoms with van der Waals surface area (Å²) in [5.74, 6) is -1.11. The van der Waals surface area contributed by atoms with E-state index in [4.69, 9.17) is 0 Å². The number of hydrogen-bond acceptors (Lipinski definition) is 3. The number of benzene rings is 2. The summed E-state index contributed by atoms with van der Waals surface area (Å²) >= 11 is 0. The van der Waals surface area contributed by atoms with Gasteiger partial charge < -0.3 is 15.5 Å². The van der Waals surface area contributed by atoms with Crippen molar-refractivity contribution < 1.29 is 18.8 Å². The Morgan fingerprint density at radius 3 is 2.07 bits per heavy atom. The number of rotatable bonds is 5. The van der Waals surface area contributed by atoms with E-state index in [1.807, 2.05) is 0 Å². The SMILES string of the molecule is CC(=O)Nc1ccc(NC(=O)C(=O)N2CCC(CCc3ccc(F)cc3)CC2)cc1. The molecule has 1 saturated heterocycles. The first-order valence-corrected chi connectivity index (χ1v) is 10.1. The van der Waals surface area contributed by atoms with E-state index >= 15 is 0 Å². The van der Waals surface area contributed by atoms with E-state index in [0.29, 0.717) is 30.4 Å². The number of carbonyl (C=O) groups is 3. The molecule has 30 heavy (non-hydrogen) atoms. The third-order valence-electron chi connectivity index (χ3n) is 5.31. The molecule has 0 aromatic heterocycles. The highest BCUT2D eigenvalue weighted by Gasteiger charge is 2.27. The van der Waals surface area contributed by atoms with Gasteiger partial charge in [-0.15, -0.1) is 0 Å². The second-order valence-corrected chi connectivity index (χ2v) is 7.61. The van der Waals surface area contributed by atoms with Crippen LogP contribution in [-0.2, 0) is 20.8 Å². The topological polar surface area (TPSA) is 78.5 Å². The Morgan fingerprint density at radius 2 is 1.50 bits per heavy atom. The fourth-order valence-electron chi connectivity index (χ4n) is 3.61. The molecule has 3 amide bonds. The lowest BCUT2D eigenvalue weighted by molar-refractivity contribution is -0.144. The Labute approximate surface area is 175 Å². The number of likely N-dealkylation sites (tertiary alicyclic amines) is 1. The normalized spacial score (nSPS) is 14.3. The average molecular weight is 411 g/mol. The lowest BCUT2D eigenvalue weighted by atomic mass is 9.90. The molecule has 1 aliphatic heterocycles. The molecule has 1 heterocycles. The first-order valence-electron chi connectivity index (χ1n) is 10.1. The minimum atomic E-state index is -0.660. The van der Waals surface area contributed by atoms with Gasteiger partial charge in [-0.05, 0) is 73.6 Å². The molecule has 0 radical (unpaired) electrons. The van der Waals surface area contributed by atoms with E-state index in [2.05, 4.69) is 10.6 Å². The molecule has 3 rings (SSSR count). The number of anilines is 2. The van der Waals surface area contributed by atoms with Gasteiger partial charge >= 0.3 is 11.8 Å². The first kappa shape index (κ1) is 21.5. The van der Waals surface area contributed by atoms with Crippen LogP contribution in [0.4, 0.5) is 15.8 Å². The van der Waals surface area contributed by atoms with Crippen LogP contribution in [0.25, 0.3) is 0 Å². The summed E-state index contributed by atoms with van der Waals surface area (Å²) in [6.45, 7) is 2.53. The highest BCUT2D eigenvalue weighted by Crippen LogP contribution is 2.23. The first-order chi connectivity index (χ1) is 14.4. The molecule has 2 aromatic rings. The Kier molecular flexibility index (Phi) is 7.17. The van der Waals surface area contributed by atoms with Crippen molar-refractivity contribution in [3.63, 3.8) is 0 Å². The van der Waals surface area contributed by atoms with E-state index in [1.54, 1.807) is 41.3 Å². The van der Waals surface area contributed by atoms with E-state index in [9.17, 15) is 18.8 Å². The quantitative estimate of drug-likeness (QED) is 0.738. The zero-order valence-corrected chi connectivity index (χ0v) is 17.0. The smallest absolute Gasteiger partial charge is 0.313 e. The van der Waals surface area contributed by atoms with Crippen molar-refractivity contribution in [2.24, 2.45) is 5.92 Å². The van der Waals surface area contributed by atoms with Crippen LogP contribution in [0.3, 0.4) is 0 Å². The van der Waals surface area contributed by atoms with Crippen LogP contribution in [0.2, 0.25) is 0 Å². The minimum Gasteiger partial charge on any atom is -0.334 e. The van der Waals surface area contributed by atoms with Crippen molar-refractivity contribution in [2.45, 2.75) is 32.6 Å². The summed E-state index contributed by atoms with van der Waals surface area (Å²) in [6, 6.07) is 13.2. The van der Waals surface area contributed by atoms with Crippen LogP contribution < -0.4 is 10.6 Å². The average Bonchev–Trinajstić information content (AvgIpc) is 2.74. The van der Waals surface area contributed by atoms with Crippen LogP contribution in [0.1, 0.15) is 31.7 Å². The number of piperidine rings is 1. The van der Waals surface area contributed by atoms with Crippen molar-refractivity contribution in [1.29, 1.82) is 0 Å². The highest BCUT2D eigenvalue weighted by atomic mass is 19.1. The molecule has 0 unspecified atom stereocenters. The summed E-state index contributed by atoms with van der Waals surface area (Å²) in [7, 11) is 0. The lowest BCUT2D eigenvalue weighted by Crippen LogP contribution is -2.44. The summed E-state index contributed by atoms with van der Waals surface area (Å²) in [4.78, 5) is 37.4. The van der Waals surface area contributed by atoms with Crippen molar-refractivity contribution in [2.75, 3.05) is 23.7 Å². The number of hydrogen-bond donors (Lipinski definition) is 2. The molecule has 7 heteroatoms. The summed E-state index contributed by atoms with van der Waals surface area (Å²) in [6.07, 6.45) is 3.58. The molecular weight excluding hydrogens is 385 g/mol. The Balaban J connectivity index is 1.43. The third kappa shape index (κ3) is 6.14. The standard InChI is InChI=1S/C23H26FN3O3/c1-16(28)25-20-8-10-21(11-9-20)26-22(29)23(30)27-14-12-18(13-15-27)3-2-17-4-6-19(24)7-5-17/h4-11,18H,2-3,12-15H2,1H3,(H,25,28)(H,26,29). The molecule has 1 fully saturated rings. The predicted molar refractivity (Wildman–Crippen MR) is 113 cm³/mol. The monoisotopic (exact) mass is 411 g/mol. The maximum Gasteiger partial charge on any atom is 0.313 e. The maximum atomic E-state index is 13.0. The largest absolute Gasteiger partial charge is 0.334 e. The van der Waals surface area contributed by atoms with Crippen LogP contribution >= 0.6 is 0 Å².